The second kappa shape index (κ2) is 8.17. The number of nitrogen functional groups attached to an aromatic ring is 1. The van der Waals surface area contributed by atoms with Gasteiger partial charge in [0.1, 0.15) is 5.75 Å². The summed E-state index contributed by atoms with van der Waals surface area (Å²) in [4.78, 5) is 11.9. The van der Waals surface area contributed by atoms with Crippen molar-refractivity contribution in [1.29, 1.82) is 0 Å². The van der Waals surface area contributed by atoms with Crippen LogP contribution in [-0.4, -0.2) is 30.1 Å². The number of anilines is 1. The standard InChI is InChI=1S/C16H24N2O2S/c1-21-15-4-2-3-13(11-15)18-16(19)9-10-20-14-7-5-12(17)6-8-14/h5-8,13,15H,2-4,9-11,17H2,1H3,(H,18,19). The lowest BCUT2D eigenvalue weighted by molar-refractivity contribution is -0.122. The monoisotopic (exact) mass is 308 g/mol. The predicted molar refractivity (Wildman–Crippen MR) is 88.7 cm³/mol. The average Bonchev–Trinajstić information content (AvgIpc) is 2.49. The summed E-state index contributed by atoms with van der Waals surface area (Å²) < 4.78 is 5.54. The Kier molecular flexibility index (Phi) is 6.23. The molecule has 2 unspecified atom stereocenters. The lowest BCUT2D eigenvalue weighted by Crippen LogP contribution is -2.39. The van der Waals surface area contributed by atoms with Gasteiger partial charge in [-0.25, -0.2) is 0 Å². The molecule has 4 nitrogen and oxygen atoms in total. The third-order valence-electron chi connectivity index (χ3n) is 3.80. The van der Waals surface area contributed by atoms with Crippen LogP contribution in [-0.2, 0) is 4.79 Å². The minimum Gasteiger partial charge on any atom is -0.493 e. The van der Waals surface area contributed by atoms with Crippen LogP contribution >= 0.6 is 11.8 Å². The van der Waals surface area contributed by atoms with E-state index < -0.39 is 0 Å². The quantitative estimate of drug-likeness (QED) is 0.793. The molecular formula is C16H24N2O2S. The molecule has 0 aliphatic heterocycles. The number of carbonyl (C=O) groups is 1. The smallest absolute Gasteiger partial charge is 0.223 e. The molecule has 0 bridgehead atoms. The summed E-state index contributed by atoms with van der Waals surface area (Å²) in [6.07, 6.45) is 7.21. The van der Waals surface area contributed by atoms with Gasteiger partial charge < -0.3 is 15.8 Å². The number of ether oxygens (including phenoxy) is 1. The van der Waals surface area contributed by atoms with Crippen LogP contribution < -0.4 is 15.8 Å². The van der Waals surface area contributed by atoms with Gasteiger partial charge in [-0.05, 0) is 49.8 Å². The minimum atomic E-state index is 0.0807. The van der Waals surface area contributed by atoms with Crippen molar-refractivity contribution in [3.8, 4) is 5.75 Å². The largest absolute Gasteiger partial charge is 0.493 e. The zero-order valence-corrected chi connectivity index (χ0v) is 13.3. The summed E-state index contributed by atoms with van der Waals surface area (Å²) in [6, 6.07) is 7.55. The molecule has 1 amide bonds. The number of rotatable bonds is 6. The number of hydrogen-bond acceptors (Lipinski definition) is 4. The molecule has 0 spiro atoms. The lowest BCUT2D eigenvalue weighted by atomic mass is 9.95. The van der Waals surface area contributed by atoms with Gasteiger partial charge in [-0.2, -0.15) is 11.8 Å². The Labute approximate surface area is 130 Å². The first-order chi connectivity index (χ1) is 10.2. The van der Waals surface area contributed by atoms with E-state index in [1.54, 1.807) is 12.1 Å². The van der Waals surface area contributed by atoms with Gasteiger partial charge in [0.25, 0.3) is 0 Å². The van der Waals surface area contributed by atoms with Crippen molar-refractivity contribution in [2.24, 2.45) is 0 Å². The van der Waals surface area contributed by atoms with Crippen LogP contribution in [0.1, 0.15) is 32.1 Å². The highest BCUT2D eigenvalue weighted by Gasteiger charge is 2.22. The first-order valence-corrected chi connectivity index (χ1v) is 8.76. The molecule has 2 rings (SSSR count). The molecule has 5 heteroatoms. The SMILES string of the molecule is CSC1CCCC(NC(=O)CCOc2ccc(N)cc2)C1. The average molecular weight is 308 g/mol. The maximum absolute atomic E-state index is 11.9. The topological polar surface area (TPSA) is 64.3 Å². The number of nitrogens with one attached hydrogen (secondary N) is 1. The number of benzene rings is 1. The molecule has 1 aliphatic rings. The zero-order chi connectivity index (χ0) is 15.1. The van der Waals surface area contributed by atoms with Crippen molar-refractivity contribution < 1.29 is 9.53 Å². The normalized spacial score (nSPS) is 21.8. The molecule has 1 aromatic rings. The van der Waals surface area contributed by atoms with Crippen LogP contribution in [0.4, 0.5) is 5.69 Å². The van der Waals surface area contributed by atoms with Crippen LogP contribution in [0.2, 0.25) is 0 Å². The van der Waals surface area contributed by atoms with Gasteiger partial charge in [-0.15, -0.1) is 0 Å². The third kappa shape index (κ3) is 5.50. The first kappa shape index (κ1) is 16.0. The van der Waals surface area contributed by atoms with Crippen LogP contribution in [0.15, 0.2) is 24.3 Å². The van der Waals surface area contributed by atoms with Crippen molar-refractivity contribution in [3.63, 3.8) is 0 Å². The summed E-state index contributed by atoms with van der Waals surface area (Å²) in [5, 5.41) is 3.82. The van der Waals surface area contributed by atoms with Gasteiger partial charge in [-0.3, -0.25) is 4.79 Å². The van der Waals surface area contributed by atoms with E-state index in [1.165, 1.54) is 12.8 Å². The Balaban J connectivity index is 1.66. The van der Waals surface area contributed by atoms with E-state index in [0.29, 0.717) is 30.0 Å². The van der Waals surface area contributed by atoms with Gasteiger partial charge in [0.05, 0.1) is 13.0 Å². The molecule has 1 aromatic carbocycles. The molecule has 0 aromatic heterocycles. The fourth-order valence-corrected chi connectivity index (χ4v) is 3.44. The lowest BCUT2D eigenvalue weighted by Gasteiger charge is -2.28. The summed E-state index contributed by atoms with van der Waals surface area (Å²) in [7, 11) is 0. The predicted octanol–water partition coefficient (Wildman–Crippen LogP) is 2.83. The first-order valence-electron chi connectivity index (χ1n) is 7.48. The van der Waals surface area contributed by atoms with E-state index in [0.717, 1.165) is 18.6 Å². The van der Waals surface area contributed by atoms with E-state index in [9.17, 15) is 4.79 Å². The van der Waals surface area contributed by atoms with E-state index in [4.69, 9.17) is 10.5 Å². The number of carbonyl (C=O) groups excluding carboxylic acids is 1. The summed E-state index contributed by atoms with van der Waals surface area (Å²) in [5.41, 5.74) is 6.32. The van der Waals surface area contributed by atoms with E-state index in [-0.39, 0.29) is 5.91 Å². The summed E-state index contributed by atoms with van der Waals surface area (Å²) >= 11 is 1.91. The second-order valence-corrected chi connectivity index (χ2v) is 6.59. The van der Waals surface area contributed by atoms with Gasteiger partial charge in [0.2, 0.25) is 5.91 Å². The van der Waals surface area contributed by atoms with Crippen molar-refractivity contribution in [2.45, 2.75) is 43.4 Å². The highest BCUT2D eigenvalue weighted by molar-refractivity contribution is 7.99. The Morgan fingerprint density at radius 1 is 1.38 bits per heavy atom. The van der Waals surface area contributed by atoms with Gasteiger partial charge in [-0.1, -0.05) is 6.42 Å². The maximum Gasteiger partial charge on any atom is 0.223 e. The second-order valence-electron chi connectivity index (χ2n) is 5.46. The summed E-state index contributed by atoms with van der Waals surface area (Å²) in [6.45, 7) is 0.397. The van der Waals surface area contributed by atoms with Gasteiger partial charge in [0.15, 0.2) is 0 Å². The van der Waals surface area contributed by atoms with Crippen LogP contribution in [0, 0.1) is 0 Å². The van der Waals surface area contributed by atoms with E-state index >= 15 is 0 Å². The molecule has 2 atom stereocenters. The van der Waals surface area contributed by atoms with Crippen molar-refractivity contribution in [1.82, 2.24) is 5.32 Å². The molecule has 1 fully saturated rings. The minimum absolute atomic E-state index is 0.0807. The molecule has 21 heavy (non-hydrogen) atoms. The molecule has 0 saturated heterocycles. The third-order valence-corrected chi connectivity index (χ3v) is 4.90. The highest BCUT2D eigenvalue weighted by atomic mass is 32.2. The van der Waals surface area contributed by atoms with Crippen molar-refractivity contribution in [3.05, 3.63) is 24.3 Å². The Morgan fingerprint density at radius 3 is 2.86 bits per heavy atom. The van der Waals surface area contributed by atoms with Crippen LogP contribution in [0.25, 0.3) is 0 Å². The number of nitrogens with two attached hydrogens (primary N) is 1. The highest BCUT2D eigenvalue weighted by Crippen LogP contribution is 2.26. The van der Waals surface area contributed by atoms with Crippen molar-refractivity contribution in [2.75, 3.05) is 18.6 Å². The maximum atomic E-state index is 11.9. The Bertz CT molecular complexity index is 450. The van der Waals surface area contributed by atoms with Crippen LogP contribution in [0.3, 0.4) is 0 Å². The molecular weight excluding hydrogens is 284 g/mol. The Hall–Kier alpha value is -1.36. The molecule has 0 radical (unpaired) electrons. The molecule has 1 aliphatic carbocycles. The van der Waals surface area contributed by atoms with E-state index in [2.05, 4.69) is 11.6 Å². The summed E-state index contributed by atoms with van der Waals surface area (Å²) in [5.74, 6) is 0.828. The van der Waals surface area contributed by atoms with Crippen molar-refractivity contribution >= 4 is 23.4 Å². The zero-order valence-electron chi connectivity index (χ0n) is 12.5. The number of thioether (sulfide) groups is 1. The molecule has 3 N–H and O–H groups in total. The molecule has 0 heterocycles. The van der Waals surface area contributed by atoms with E-state index in [1.807, 2.05) is 23.9 Å². The fraction of sp³-hybridized carbons (Fsp3) is 0.562. The molecule has 1 saturated carbocycles. The molecule has 116 valence electrons. The van der Waals surface area contributed by atoms with Gasteiger partial charge >= 0.3 is 0 Å². The number of amides is 1. The van der Waals surface area contributed by atoms with Gasteiger partial charge in [0, 0.05) is 17.0 Å². The fourth-order valence-electron chi connectivity index (χ4n) is 2.62. The number of hydrogen-bond donors (Lipinski definition) is 2. The van der Waals surface area contributed by atoms with Crippen LogP contribution in [0.5, 0.6) is 5.75 Å². The Morgan fingerprint density at radius 2 is 2.14 bits per heavy atom.